The van der Waals surface area contributed by atoms with Crippen LogP contribution >= 0.6 is 0 Å². The van der Waals surface area contributed by atoms with E-state index in [0.29, 0.717) is 25.4 Å². The van der Waals surface area contributed by atoms with Crippen molar-refractivity contribution in [1.29, 1.82) is 0 Å². The fourth-order valence-electron chi connectivity index (χ4n) is 3.34. The SMILES string of the molecule is COc1cccc(CC(=O)N2CCC(NC(=O)[C@@H]3C[C@H]3C)CC2)c1. The lowest BCUT2D eigenvalue weighted by atomic mass is 10.0. The minimum atomic E-state index is 0.142. The van der Waals surface area contributed by atoms with Crippen LogP contribution in [0.15, 0.2) is 24.3 Å². The number of methoxy groups -OCH3 is 1. The molecule has 2 atom stereocenters. The molecule has 24 heavy (non-hydrogen) atoms. The molecule has 1 N–H and O–H groups in total. The number of nitrogens with zero attached hydrogens (tertiary/aromatic N) is 1. The molecule has 3 rings (SSSR count). The number of nitrogens with one attached hydrogen (secondary N) is 1. The number of benzene rings is 1. The van der Waals surface area contributed by atoms with Crippen molar-refractivity contribution in [2.45, 2.75) is 38.6 Å². The van der Waals surface area contributed by atoms with E-state index >= 15 is 0 Å². The molecule has 2 fully saturated rings. The number of carbonyl (C=O) groups is 2. The van der Waals surface area contributed by atoms with Gasteiger partial charge in [-0.1, -0.05) is 19.1 Å². The molecule has 1 aromatic carbocycles. The van der Waals surface area contributed by atoms with Crippen LogP contribution in [0.4, 0.5) is 0 Å². The molecule has 0 unspecified atom stereocenters. The van der Waals surface area contributed by atoms with E-state index in [0.717, 1.165) is 30.6 Å². The predicted octanol–water partition coefficient (Wildman–Crippen LogP) is 2.00. The first kappa shape index (κ1) is 16.8. The number of carbonyl (C=O) groups excluding carboxylic acids is 2. The summed E-state index contributed by atoms with van der Waals surface area (Å²) in [6.07, 6.45) is 3.10. The van der Waals surface area contributed by atoms with Crippen molar-refractivity contribution in [3.63, 3.8) is 0 Å². The molecule has 0 radical (unpaired) electrons. The van der Waals surface area contributed by atoms with Gasteiger partial charge in [0.1, 0.15) is 5.75 Å². The van der Waals surface area contributed by atoms with Crippen molar-refractivity contribution in [2.75, 3.05) is 20.2 Å². The summed E-state index contributed by atoms with van der Waals surface area (Å²) < 4.78 is 5.20. The zero-order valence-corrected chi connectivity index (χ0v) is 14.5. The molecule has 1 aliphatic carbocycles. The van der Waals surface area contributed by atoms with Crippen LogP contribution in [0, 0.1) is 11.8 Å². The molecule has 130 valence electrons. The number of hydrogen-bond donors (Lipinski definition) is 1. The van der Waals surface area contributed by atoms with Crippen molar-refractivity contribution in [3.8, 4) is 5.75 Å². The van der Waals surface area contributed by atoms with Gasteiger partial charge in [-0.25, -0.2) is 0 Å². The Balaban J connectivity index is 1.45. The number of amides is 2. The summed E-state index contributed by atoms with van der Waals surface area (Å²) in [6.45, 7) is 3.55. The van der Waals surface area contributed by atoms with Gasteiger partial charge in [-0.3, -0.25) is 9.59 Å². The maximum absolute atomic E-state index is 12.5. The van der Waals surface area contributed by atoms with E-state index in [2.05, 4.69) is 12.2 Å². The maximum Gasteiger partial charge on any atom is 0.226 e. The fraction of sp³-hybridized carbons (Fsp3) is 0.579. The molecule has 1 heterocycles. The summed E-state index contributed by atoms with van der Waals surface area (Å²) in [7, 11) is 1.63. The molecule has 1 aromatic rings. The molecule has 1 saturated heterocycles. The van der Waals surface area contributed by atoms with Crippen molar-refractivity contribution < 1.29 is 14.3 Å². The molecule has 1 aliphatic heterocycles. The van der Waals surface area contributed by atoms with Crippen molar-refractivity contribution in [2.24, 2.45) is 11.8 Å². The quantitative estimate of drug-likeness (QED) is 0.898. The topological polar surface area (TPSA) is 58.6 Å². The third-order valence-corrected chi connectivity index (χ3v) is 5.13. The van der Waals surface area contributed by atoms with Crippen molar-refractivity contribution in [1.82, 2.24) is 10.2 Å². The van der Waals surface area contributed by atoms with E-state index < -0.39 is 0 Å². The van der Waals surface area contributed by atoms with Gasteiger partial charge in [-0.2, -0.15) is 0 Å². The van der Waals surface area contributed by atoms with Gasteiger partial charge in [-0.15, -0.1) is 0 Å². The Morgan fingerprint density at radius 2 is 2.00 bits per heavy atom. The molecule has 1 saturated carbocycles. The monoisotopic (exact) mass is 330 g/mol. The van der Waals surface area contributed by atoms with Gasteiger partial charge in [0.25, 0.3) is 0 Å². The van der Waals surface area contributed by atoms with Crippen LogP contribution in [0.3, 0.4) is 0 Å². The fourth-order valence-corrected chi connectivity index (χ4v) is 3.34. The van der Waals surface area contributed by atoms with Gasteiger partial charge in [0.05, 0.1) is 13.5 Å². The lowest BCUT2D eigenvalue weighted by Gasteiger charge is -2.32. The van der Waals surface area contributed by atoms with E-state index in [-0.39, 0.29) is 23.8 Å². The zero-order chi connectivity index (χ0) is 17.1. The van der Waals surface area contributed by atoms with E-state index in [1.54, 1.807) is 7.11 Å². The van der Waals surface area contributed by atoms with E-state index in [1.807, 2.05) is 29.2 Å². The smallest absolute Gasteiger partial charge is 0.226 e. The number of hydrogen-bond acceptors (Lipinski definition) is 3. The van der Waals surface area contributed by atoms with Gasteiger partial charge in [0.15, 0.2) is 0 Å². The highest BCUT2D eigenvalue weighted by Gasteiger charge is 2.40. The van der Waals surface area contributed by atoms with Crippen molar-refractivity contribution >= 4 is 11.8 Å². The predicted molar refractivity (Wildman–Crippen MR) is 91.7 cm³/mol. The first-order chi connectivity index (χ1) is 11.6. The highest BCUT2D eigenvalue weighted by molar-refractivity contribution is 5.82. The minimum absolute atomic E-state index is 0.142. The first-order valence-corrected chi connectivity index (χ1v) is 8.78. The summed E-state index contributed by atoms with van der Waals surface area (Å²) in [5.41, 5.74) is 0.970. The van der Waals surface area contributed by atoms with Crippen LogP contribution < -0.4 is 10.1 Å². The van der Waals surface area contributed by atoms with E-state index in [1.165, 1.54) is 0 Å². The third-order valence-electron chi connectivity index (χ3n) is 5.13. The zero-order valence-electron chi connectivity index (χ0n) is 14.5. The molecule has 0 spiro atoms. The largest absolute Gasteiger partial charge is 0.497 e. The number of rotatable bonds is 5. The second-order valence-electron chi connectivity index (χ2n) is 7.01. The number of likely N-dealkylation sites (tertiary alicyclic amines) is 1. The molecule has 5 nitrogen and oxygen atoms in total. The molecular formula is C19H26N2O3. The Morgan fingerprint density at radius 1 is 1.29 bits per heavy atom. The molecule has 0 bridgehead atoms. The number of piperidine rings is 1. The Hall–Kier alpha value is -2.04. The van der Waals surface area contributed by atoms with Crippen molar-refractivity contribution in [3.05, 3.63) is 29.8 Å². The summed E-state index contributed by atoms with van der Waals surface area (Å²) in [5, 5.41) is 3.14. The molecule has 5 heteroatoms. The summed E-state index contributed by atoms with van der Waals surface area (Å²) in [4.78, 5) is 26.4. The Morgan fingerprint density at radius 3 is 2.62 bits per heavy atom. The van der Waals surface area contributed by atoms with Gasteiger partial charge in [0.2, 0.25) is 11.8 Å². The van der Waals surface area contributed by atoms with Crippen LogP contribution in [0.25, 0.3) is 0 Å². The standard InChI is InChI=1S/C19H26N2O3/c1-13-10-17(13)19(23)20-15-6-8-21(9-7-15)18(22)12-14-4-3-5-16(11-14)24-2/h3-5,11,13,15,17H,6-10,12H2,1-2H3,(H,20,23)/t13-,17-/m1/s1. The Kier molecular flexibility index (Phi) is 5.07. The second kappa shape index (κ2) is 7.24. The highest BCUT2D eigenvalue weighted by atomic mass is 16.5. The summed E-state index contributed by atoms with van der Waals surface area (Å²) in [5.74, 6) is 1.87. The second-order valence-corrected chi connectivity index (χ2v) is 7.01. The maximum atomic E-state index is 12.5. The lowest BCUT2D eigenvalue weighted by molar-refractivity contribution is -0.131. The average molecular weight is 330 g/mol. The highest BCUT2D eigenvalue weighted by Crippen LogP contribution is 2.37. The van der Waals surface area contributed by atoms with Gasteiger partial charge < -0.3 is 15.0 Å². The average Bonchev–Trinajstić information content (AvgIpc) is 3.32. The first-order valence-electron chi connectivity index (χ1n) is 8.78. The molecule has 2 aliphatic rings. The number of ether oxygens (including phenoxy) is 1. The molecule has 2 amide bonds. The van der Waals surface area contributed by atoms with Crippen LogP contribution in [-0.2, 0) is 16.0 Å². The normalized spacial score (nSPS) is 23.7. The van der Waals surface area contributed by atoms with Crippen LogP contribution in [0.5, 0.6) is 5.75 Å². The van der Waals surface area contributed by atoms with Gasteiger partial charge in [0, 0.05) is 25.0 Å². The molecule has 0 aromatic heterocycles. The van der Waals surface area contributed by atoms with Crippen LogP contribution in [0.1, 0.15) is 31.7 Å². The minimum Gasteiger partial charge on any atom is -0.497 e. The van der Waals surface area contributed by atoms with Crippen LogP contribution in [-0.4, -0.2) is 43.0 Å². The lowest BCUT2D eigenvalue weighted by Crippen LogP contribution is -2.47. The Labute approximate surface area is 143 Å². The third kappa shape index (κ3) is 4.08. The van der Waals surface area contributed by atoms with E-state index in [4.69, 9.17) is 4.74 Å². The van der Waals surface area contributed by atoms with Gasteiger partial charge >= 0.3 is 0 Å². The summed E-state index contributed by atoms with van der Waals surface area (Å²) >= 11 is 0. The molecular weight excluding hydrogens is 304 g/mol. The Bertz CT molecular complexity index is 608. The van der Waals surface area contributed by atoms with E-state index in [9.17, 15) is 9.59 Å². The van der Waals surface area contributed by atoms with Crippen LogP contribution in [0.2, 0.25) is 0 Å². The van der Waals surface area contributed by atoms with Gasteiger partial charge in [-0.05, 0) is 42.9 Å². The summed E-state index contributed by atoms with van der Waals surface area (Å²) in [6, 6.07) is 7.85.